The van der Waals surface area contributed by atoms with Gasteiger partial charge in [0.1, 0.15) is 0 Å². The maximum atomic E-state index is 11.7. The molecule has 0 aromatic heterocycles. The summed E-state index contributed by atoms with van der Waals surface area (Å²) in [5.41, 5.74) is 1.18. The lowest BCUT2D eigenvalue weighted by Gasteiger charge is -2.17. The van der Waals surface area contributed by atoms with Gasteiger partial charge in [0.2, 0.25) is 5.91 Å². The fourth-order valence-electron chi connectivity index (χ4n) is 2.29. The number of halogens is 1. The summed E-state index contributed by atoms with van der Waals surface area (Å²) in [6.45, 7) is 0.596. The summed E-state index contributed by atoms with van der Waals surface area (Å²) in [4.78, 5) is 22.0. The number of benzene rings is 1. The number of rotatable bonds is 7. The molecule has 1 aliphatic carbocycles. The van der Waals surface area contributed by atoms with E-state index in [9.17, 15) is 9.59 Å². The highest BCUT2D eigenvalue weighted by Gasteiger charge is 2.44. The van der Waals surface area contributed by atoms with Gasteiger partial charge in [0, 0.05) is 29.8 Å². The van der Waals surface area contributed by atoms with Crippen LogP contribution in [0.5, 0.6) is 0 Å². The third-order valence-electron chi connectivity index (χ3n) is 3.71. The van der Waals surface area contributed by atoms with Gasteiger partial charge in [-0.15, -0.1) is 0 Å². The Morgan fingerprint density at radius 2 is 2.05 bits per heavy atom. The van der Waals surface area contributed by atoms with Crippen LogP contribution >= 0.6 is 11.6 Å². The summed E-state index contributed by atoms with van der Waals surface area (Å²) < 4.78 is 0. The van der Waals surface area contributed by atoms with Gasteiger partial charge in [-0.2, -0.15) is 0 Å². The molecule has 20 heavy (non-hydrogen) atoms. The second kappa shape index (κ2) is 6.27. The fraction of sp³-hybridized carbons (Fsp3) is 0.467. The molecule has 0 atom stereocenters. The van der Waals surface area contributed by atoms with E-state index in [1.807, 2.05) is 24.3 Å². The van der Waals surface area contributed by atoms with Crippen molar-refractivity contribution >= 4 is 23.5 Å². The minimum absolute atomic E-state index is 0.0212. The first-order chi connectivity index (χ1) is 9.52. The number of carboxylic acid groups (broad SMARTS) is 1. The first-order valence-electron chi connectivity index (χ1n) is 6.76. The number of hydrogen-bond acceptors (Lipinski definition) is 2. The van der Waals surface area contributed by atoms with E-state index in [4.69, 9.17) is 16.7 Å². The molecule has 2 rings (SSSR count). The number of hydrogen-bond donors (Lipinski definition) is 2. The maximum Gasteiger partial charge on any atom is 0.303 e. The summed E-state index contributed by atoms with van der Waals surface area (Å²) in [6, 6.07) is 7.75. The van der Waals surface area contributed by atoms with Crippen LogP contribution in [0.4, 0.5) is 0 Å². The summed E-state index contributed by atoms with van der Waals surface area (Å²) >= 11 is 6.00. The second-order valence-electron chi connectivity index (χ2n) is 5.31. The van der Waals surface area contributed by atoms with Crippen LogP contribution in [0.25, 0.3) is 0 Å². The summed E-state index contributed by atoms with van der Waals surface area (Å²) in [7, 11) is 0. The largest absolute Gasteiger partial charge is 0.481 e. The van der Waals surface area contributed by atoms with Crippen LogP contribution in [0.15, 0.2) is 24.3 Å². The van der Waals surface area contributed by atoms with Crippen molar-refractivity contribution in [2.75, 3.05) is 6.54 Å². The van der Waals surface area contributed by atoms with Crippen LogP contribution in [0.3, 0.4) is 0 Å². The van der Waals surface area contributed by atoms with Gasteiger partial charge < -0.3 is 10.4 Å². The highest BCUT2D eigenvalue weighted by molar-refractivity contribution is 6.30. The van der Waals surface area contributed by atoms with E-state index in [-0.39, 0.29) is 24.2 Å². The van der Waals surface area contributed by atoms with Crippen molar-refractivity contribution in [2.24, 2.45) is 0 Å². The van der Waals surface area contributed by atoms with Crippen molar-refractivity contribution < 1.29 is 14.7 Å². The first kappa shape index (κ1) is 14.9. The lowest BCUT2D eigenvalue weighted by atomic mass is 9.96. The zero-order valence-corrected chi connectivity index (χ0v) is 11.9. The van der Waals surface area contributed by atoms with Crippen LogP contribution in [-0.4, -0.2) is 23.5 Å². The second-order valence-corrected chi connectivity index (χ2v) is 5.75. The van der Waals surface area contributed by atoms with Gasteiger partial charge in [0.15, 0.2) is 0 Å². The molecule has 1 amide bonds. The average Bonchev–Trinajstić information content (AvgIpc) is 3.17. The van der Waals surface area contributed by atoms with Crippen molar-refractivity contribution in [1.29, 1.82) is 0 Å². The molecule has 5 heteroatoms. The Kier molecular flexibility index (Phi) is 4.65. The predicted molar refractivity (Wildman–Crippen MR) is 76.9 cm³/mol. The van der Waals surface area contributed by atoms with E-state index >= 15 is 0 Å². The van der Waals surface area contributed by atoms with Crippen LogP contribution in [-0.2, 0) is 15.0 Å². The van der Waals surface area contributed by atoms with Gasteiger partial charge in [-0.05, 0) is 37.0 Å². The smallest absolute Gasteiger partial charge is 0.303 e. The van der Waals surface area contributed by atoms with E-state index in [2.05, 4.69) is 5.32 Å². The standard InChI is InChI=1S/C15H18ClNO3/c16-12-4-1-3-11(9-12)15(7-8-15)10-17-13(18)5-2-6-14(19)20/h1,3-4,9H,2,5-8,10H2,(H,17,18)(H,19,20). The number of aliphatic carboxylic acids is 1. The van der Waals surface area contributed by atoms with Crippen LogP contribution in [0, 0.1) is 0 Å². The topological polar surface area (TPSA) is 66.4 Å². The summed E-state index contributed by atoms with van der Waals surface area (Å²) in [6.07, 6.45) is 2.77. The summed E-state index contributed by atoms with van der Waals surface area (Å²) in [5.74, 6) is -0.949. The van der Waals surface area contributed by atoms with Crippen molar-refractivity contribution in [3.8, 4) is 0 Å². The molecule has 0 heterocycles. The minimum Gasteiger partial charge on any atom is -0.481 e. The molecule has 1 aromatic carbocycles. The molecule has 0 radical (unpaired) electrons. The SMILES string of the molecule is O=C(O)CCCC(=O)NCC1(c2cccc(Cl)c2)CC1. The number of carbonyl (C=O) groups is 2. The Hall–Kier alpha value is -1.55. The Balaban J connectivity index is 1.81. The maximum absolute atomic E-state index is 11.7. The lowest BCUT2D eigenvalue weighted by molar-refractivity contribution is -0.137. The van der Waals surface area contributed by atoms with Gasteiger partial charge in [0.05, 0.1) is 0 Å². The van der Waals surface area contributed by atoms with Crippen molar-refractivity contribution in [3.05, 3.63) is 34.9 Å². The van der Waals surface area contributed by atoms with Crippen LogP contribution in [0.1, 0.15) is 37.7 Å². The molecular formula is C15H18ClNO3. The van der Waals surface area contributed by atoms with Crippen LogP contribution in [0.2, 0.25) is 5.02 Å². The van der Waals surface area contributed by atoms with E-state index in [0.29, 0.717) is 18.0 Å². The Labute approximate surface area is 123 Å². The zero-order chi connectivity index (χ0) is 14.6. The van der Waals surface area contributed by atoms with Gasteiger partial charge in [-0.25, -0.2) is 0 Å². The predicted octanol–water partition coefficient (Wildman–Crippen LogP) is 2.74. The Morgan fingerprint density at radius 1 is 1.30 bits per heavy atom. The molecule has 4 nitrogen and oxygen atoms in total. The first-order valence-corrected chi connectivity index (χ1v) is 7.14. The lowest BCUT2D eigenvalue weighted by Crippen LogP contribution is -2.32. The molecule has 1 aromatic rings. The number of nitrogens with one attached hydrogen (secondary N) is 1. The van der Waals surface area contributed by atoms with Gasteiger partial charge in [0.25, 0.3) is 0 Å². The van der Waals surface area contributed by atoms with Gasteiger partial charge in [-0.1, -0.05) is 23.7 Å². The third kappa shape index (κ3) is 3.97. The van der Waals surface area contributed by atoms with Crippen molar-refractivity contribution in [2.45, 2.75) is 37.5 Å². The van der Waals surface area contributed by atoms with E-state index in [1.54, 1.807) is 0 Å². The molecule has 0 spiro atoms. The molecule has 1 fully saturated rings. The van der Waals surface area contributed by atoms with E-state index < -0.39 is 5.97 Å². The number of carbonyl (C=O) groups excluding carboxylic acids is 1. The van der Waals surface area contributed by atoms with E-state index in [0.717, 1.165) is 18.4 Å². The summed E-state index contributed by atoms with van der Waals surface area (Å²) in [5, 5.41) is 12.1. The normalized spacial score (nSPS) is 15.7. The Bertz CT molecular complexity index is 512. The highest BCUT2D eigenvalue weighted by Crippen LogP contribution is 2.48. The van der Waals surface area contributed by atoms with Gasteiger partial charge in [-0.3, -0.25) is 9.59 Å². The van der Waals surface area contributed by atoms with Crippen molar-refractivity contribution in [3.63, 3.8) is 0 Å². The Morgan fingerprint density at radius 3 is 2.65 bits per heavy atom. The molecule has 0 saturated heterocycles. The third-order valence-corrected chi connectivity index (χ3v) is 3.94. The molecule has 0 bridgehead atoms. The molecule has 0 unspecified atom stereocenters. The van der Waals surface area contributed by atoms with Crippen LogP contribution < -0.4 is 5.32 Å². The number of amides is 1. The van der Waals surface area contributed by atoms with Gasteiger partial charge >= 0.3 is 5.97 Å². The average molecular weight is 296 g/mol. The number of carboxylic acids is 1. The molecule has 1 aliphatic rings. The molecule has 2 N–H and O–H groups in total. The quantitative estimate of drug-likeness (QED) is 0.813. The molecule has 0 aliphatic heterocycles. The monoisotopic (exact) mass is 295 g/mol. The minimum atomic E-state index is -0.865. The molecule has 108 valence electrons. The zero-order valence-electron chi connectivity index (χ0n) is 11.2. The highest BCUT2D eigenvalue weighted by atomic mass is 35.5. The van der Waals surface area contributed by atoms with Crippen molar-refractivity contribution in [1.82, 2.24) is 5.32 Å². The van der Waals surface area contributed by atoms with E-state index in [1.165, 1.54) is 0 Å². The fourth-order valence-corrected chi connectivity index (χ4v) is 2.48. The molecular weight excluding hydrogens is 278 g/mol. The molecule has 1 saturated carbocycles.